The Morgan fingerprint density at radius 3 is 2.87 bits per heavy atom. The van der Waals surface area contributed by atoms with Gasteiger partial charge in [-0.3, -0.25) is 9.36 Å². The smallest absolute Gasteiger partial charge is 0.273 e. The lowest BCUT2D eigenvalue weighted by Crippen LogP contribution is -2.23. The SMILES string of the molecule is O=c1c(Cl)c(Cl)ncn1CCOCCO. The largest absolute Gasteiger partial charge is 0.394 e. The van der Waals surface area contributed by atoms with Gasteiger partial charge in [0.2, 0.25) is 0 Å². The molecule has 7 heteroatoms. The molecule has 0 aliphatic heterocycles. The molecule has 0 radical (unpaired) electrons. The Labute approximate surface area is 96.2 Å². The van der Waals surface area contributed by atoms with Crippen LogP contribution in [0.2, 0.25) is 10.2 Å². The van der Waals surface area contributed by atoms with Crippen LogP contribution in [0.4, 0.5) is 0 Å². The van der Waals surface area contributed by atoms with Gasteiger partial charge >= 0.3 is 0 Å². The molecule has 1 rings (SSSR count). The van der Waals surface area contributed by atoms with Crippen molar-refractivity contribution in [3.8, 4) is 0 Å². The maximum atomic E-state index is 11.5. The summed E-state index contributed by atoms with van der Waals surface area (Å²) in [6.45, 7) is 0.820. The molecular weight excluding hydrogens is 243 g/mol. The molecule has 0 unspecified atom stereocenters. The van der Waals surface area contributed by atoms with Crippen molar-refractivity contribution < 1.29 is 9.84 Å². The third-order valence-electron chi connectivity index (χ3n) is 1.65. The Morgan fingerprint density at radius 1 is 1.47 bits per heavy atom. The molecule has 0 bridgehead atoms. The van der Waals surface area contributed by atoms with Gasteiger partial charge in [0.05, 0.1) is 32.7 Å². The molecule has 1 aromatic rings. The van der Waals surface area contributed by atoms with Gasteiger partial charge in [0.1, 0.15) is 5.02 Å². The average Bonchev–Trinajstić information content (AvgIpc) is 2.24. The molecule has 0 saturated carbocycles. The van der Waals surface area contributed by atoms with Gasteiger partial charge in [0.15, 0.2) is 5.15 Å². The van der Waals surface area contributed by atoms with Crippen LogP contribution in [0.1, 0.15) is 0 Å². The second kappa shape index (κ2) is 6.07. The molecule has 0 aromatic carbocycles. The molecule has 0 atom stereocenters. The van der Waals surface area contributed by atoms with E-state index in [9.17, 15) is 4.79 Å². The minimum atomic E-state index is -0.399. The van der Waals surface area contributed by atoms with Crippen LogP contribution in [-0.2, 0) is 11.3 Å². The zero-order chi connectivity index (χ0) is 11.3. The Kier molecular flexibility index (Phi) is 5.04. The fourth-order valence-corrected chi connectivity index (χ4v) is 1.21. The van der Waals surface area contributed by atoms with Crippen molar-refractivity contribution in [3.63, 3.8) is 0 Å². The maximum absolute atomic E-state index is 11.5. The number of hydrogen-bond acceptors (Lipinski definition) is 4. The molecule has 0 fully saturated rings. The van der Waals surface area contributed by atoms with Crippen LogP contribution in [0.15, 0.2) is 11.1 Å². The van der Waals surface area contributed by atoms with Crippen LogP contribution in [0.3, 0.4) is 0 Å². The van der Waals surface area contributed by atoms with E-state index in [1.807, 2.05) is 0 Å². The number of nitrogens with zero attached hydrogens (tertiary/aromatic N) is 2. The number of halogens is 2. The van der Waals surface area contributed by atoms with E-state index in [-0.39, 0.29) is 23.4 Å². The second-order valence-corrected chi connectivity index (χ2v) is 3.42. The first-order valence-electron chi connectivity index (χ1n) is 4.26. The van der Waals surface area contributed by atoms with Crippen molar-refractivity contribution >= 4 is 23.2 Å². The van der Waals surface area contributed by atoms with E-state index in [1.165, 1.54) is 10.9 Å². The Hall–Kier alpha value is -0.620. The highest BCUT2D eigenvalue weighted by atomic mass is 35.5. The predicted molar refractivity (Wildman–Crippen MR) is 56.4 cm³/mol. The fourth-order valence-electron chi connectivity index (χ4n) is 0.933. The van der Waals surface area contributed by atoms with Gasteiger partial charge in [0, 0.05) is 0 Å². The van der Waals surface area contributed by atoms with Crippen molar-refractivity contribution in [2.75, 3.05) is 19.8 Å². The van der Waals surface area contributed by atoms with Gasteiger partial charge in [-0.2, -0.15) is 0 Å². The Morgan fingerprint density at radius 2 is 2.20 bits per heavy atom. The molecule has 0 saturated heterocycles. The van der Waals surface area contributed by atoms with Gasteiger partial charge in [-0.25, -0.2) is 4.98 Å². The summed E-state index contributed by atoms with van der Waals surface area (Å²) in [6.07, 6.45) is 1.30. The Bertz CT molecular complexity index is 381. The number of hydrogen-bond donors (Lipinski definition) is 1. The van der Waals surface area contributed by atoms with Gasteiger partial charge in [-0.15, -0.1) is 0 Å². The maximum Gasteiger partial charge on any atom is 0.273 e. The van der Waals surface area contributed by atoms with Crippen molar-refractivity contribution in [1.29, 1.82) is 0 Å². The highest BCUT2D eigenvalue weighted by Gasteiger charge is 2.06. The minimum Gasteiger partial charge on any atom is -0.394 e. The van der Waals surface area contributed by atoms with Gasteiger partial charge in [-0.05, 0) is 0 Å². The number of aliphatic hydroxyl groups excluding tert-OH is 1. The molecular formula is C8H10Cl2N2O3. The van der Waals surface area contributed by atoms with E-state index in [0.29, 0.717) is 13.2 Å². The monoisotopic (exact) mass is 252 g/mol. The van der Waals surface area contributed by atoms with Crippen LogP contribution in [0.5, 0.6) is 0 Å². The van der Waals surface area contributed by atoms with Crippen molar-refractivity contribution in [2.24, 2.45) is 0 Å². The first kappa shape index (κ1) is 12.4. The van der Waals surface area contributed by atoms with Crippen LogP contribution in [0.25, 0.3) is 0 Å². The highest BCUT2D eigenvalue weighted by Crippen LogP contribution is 2.12. The molecule has 1 aromatic heterocycles. The van der Waals surface area contributed by atoms with Gasteiger partial charge in [0.25, 0.3) is 5.56 Å². The first-order valence-corrected chi connectivity index (χ1v) is 5.01. The van der Waals surface area contributed by atoms with E-state index in [0.717, 1.165) is 0 Å². The van der Waals surface area contributed by atoms with Crippen LogP contribution in [0, 0.1) is 0 Å². The predicted octanol–water partition coefficient (Wildman–Crippen LogP) is 0.559. The van der Waals surface area contributed by atoms with Crippen LogP contribution >= 0.6 is 23.2 Å². The van der Waals surface area contributed by atoms with E-state index in [4.69, 9.17) is 33.0 Å². The molecule has 0 amide bonds. The van der Waals surface area contributed by atoms with Crippen molar-refractivity contribution in [3.05, 3.63) is 26.9 Å². The van der Waals surface area contributed by atoms with Crippen molar-refractivity contribution in [2.45, 2.75) is 6.54 Å². The van der Waals surface area contributed by atoms with E-state index in [2.05, 4.69) is 4.98 Å². The molecule has 15 heavy (non-hydrogen) atoms. The summed E-state index contributed by atoms with van der Waals surface area (Å²) >= 11 is 11.2. The number of ether oxygens (including phenoxy) is 1. The van der Waals surface area contributed by atoms with E-state index < -0.39 is 5.56 Å². The lowest BCUT2D eigenvalue weighted by Gasteiger charge is -2.06. The first-order chi connectivity index (χ1) is 7.16. The second-order valence-electron chi connectivity index (χ2n) is 2.68. The number of rotatable bonds is 5. The molecule has 0 spiro atoms. The standard InChI is InChI=1S/C8H10Cl2N2O3/c9-6-7(10)11-5-12(8(6)14)1-3-15-4-2-13/h5,13H,1-4H2. The van der Waals surface area contributed by atoms with Crippen molar-refractivity contribution in [1.82, 2.24) is 9.55 Å². The summed E-state index contributed by atoms with van der Waals surface area (Å²) in [7, 11) is 0. The van der Waals surface area contributed by atoms with Crippen LogP contribution in [-0.4, -0.2) is 34.5 Å². The van der Waals surface area contributed by atoms with Gasteiger partial charge in [-0.1, -0.05) is 23.2 Å². The summed E-state index contributed by atoms with van der Waals surface area (Å²) in [6, 6.07) is 0. The summed E-state index contributed by atoms with van der Waals surface area (Å²) in [5, 5.41) is 8.35. The van der Waals surface area contributed by atoms with E-state index >= 15 is 0 Å². The zero-order valence-electron chi connectivity index (χ0n) is 7.82. The Balaban J connectivity index is 2.63. The normalized spacial score (nSPS) is 10.6. The summed E-state index contributed by atoms with van der Waals surface area (Å²) in [4.78, 5) is 15.2. The van der Waals surface area contributed by atoms with Crippen LogP contribution < -0.4 is 5.56 Å². The topological polar surface area (TPSA) is 64.4 Å². The summed E-state index contributed by atoms with van der Waals surface area (Å²) in [5.74, 6) is 0. The fraction of sp³-hybridized carbons (Fsp3) is 0.500. The molecule has 0 aliphatic carbocycles. The number of aromatic nitrogens is 2. The third kappa shape index (κ3) is 3.46. The molecule has 84 valence electrons. The zero-order valence-corrected chi connectivity index (χ0v) is 9.33. The van der Waals surface area contributed by atoms with E-state index in [1.54, 1.807) is 0 Å². The summed E-state index contributed by atoms with van der Waals surface area (Å²) in [5.41, 5.74) is -0.399. The third-order valence-corrected chi connectivity index (χ3v) is 2.38. The lowest BCUT2D eigenvalue weighted by atomic mass is 10.6. The lowest BCUT2D eigenvalue weighted by molar-refractivity contribution is 0.0864. The molecule has 0 aliphatic rings. The number of aliphatic hydroxyl groups is 1. The minimum absolute atomic E-state index is 0.00538. The molecule has 5 nitrogen and oxygen atoms in total. The summed E-state index contributed by atoms with van der Waals surface area (Å²) < 4.78 is 6.30. The average molecular weight is 253 g/mol. The molecule has 1 N–H and O–H groups in total. The highest BCUT2D eigenvalue weighted by molar-refractivity contribution is 6.40. The molecule has 1 heterocycles. The quantitative estimate of drug-likeness (QED) is 0.615. The van der Waals surface area contributed by atoms with Gasteiger partial charge < -0.3 is 9.84 Å².